The van der Waals surface area contributed by atoms with Gasteiger partial charge in [0.2, 0.25) is 5.91 Å². The van der Waals surface area contributed by atoms with Crippen molar-refractivity contribution in [2.24, 2.45) is 5.92 Å². The molecule has 0 atom stereocenters. The number of fused-ring (bicyclic) bond motifs is 1. The minimum Gasteiger partial charge on any atom is -0.372 e. The predicted octanol–water partition coefficient (Wildman–Crippen LogP) is 2.31. The van der Waals surface area contributed by atoms with Crippen LogP contribution in [0.5, 0.6) is 0 Å². The Labute approximate surface area is 130 Å². The molecule has 1 saturated heterocycles. The zero-order chi connectivity index (χ0) is 15.4. The van der Waals surface area contributed by atoms with Gasteiger partial charge in [0, 0.05) is 26.2 Å². The van der Waals surface area contributed by atoms with Crippen molar-refractivity contribution >= 4 is 16.9 Å². The normalized spacial score (nSPS) is 16.3. The van der Waals surface area contributed by atoms with Gasteiger partial charge in [0.05, 0.1) is 17.4 Å². The fourth-order valence-corrected chi connectivity index (χ4v) is 3.08. The Morgan fingerprint density at radius 3 is 2.86 bits per heavy atom. The molecule has 0 N–H and O–H groups in total. The van der Waals surface area contributed by atoms with Crippen molar-refractivity contribution in [2.45, 2.75) is 26.3 Å². The lowest BCUT2D eigenvalue weighted by Gasteiger charge is -2.32. The Morgan fingerprint density at radius 2 is 2.09 bits per heavy atom. The van der Waals surface area contributed by atoms with Crippen LogP contribution >= 0.6 is 0 Å². The van der Waals surface area contributed by atoms with Gasteiger partial charge < -0.3 is 14.2 Å². The molecule has 0 bridgehead atoms. The van der Waals surface area contributed by atoms with Crippen molar-refractivity contribution < 1.29 is 9.53 Å². The summed E-state index contributed by atoms with van der Waals surface area (Å²) in [5.41, 5.74) is 2.24. The van der Waals surface area contributed by atoms with Crippen molar-refractivity contribution in [2.75, 3.05) is 26.3 Å². The number of nitrogens with zero attached hydrogens (tertiary/aromatic N) is 3. The Morgan fingerprint density at radius 1 is 1.32 bits per heavy atom. The number of hydrogen-bond donors (Lipinski definition) is 0. The highest BCUT2D eigenvalue weighted by Gasteiger charge is 2.23. The Bertz CT molecular complexity index is 630. The quantitative estimate of drug-likeness (QED) is 0.851. The van der Waals surface area contributed by atoms with E-state index in [1.165, 1.54) is 5.52 Å². The van der Waals surface area contributed by atoms with E-state index in [0.717, 1.165) is 38.0 Å². The molecule has 0 saturated carbocycles. The van der Waals surface area contributed by atoms with E-state index in [2.05, 4.69) is 21.7 Å². The van der Waals surface area contributed by atoms with Gasteiger partial charge in [0.1, 0.15) is 6.61 Å². The summed E-state index contributed by atoms with van der Waals surface area (Å²) < 4.78 is 7.44. The zero-order valence-electron chi connectivity index (χ0n) is 13.1. The van der Waals surface area contributed by atoms with Gasteiger partial charge in [-0.1, -0.05) is 12.1 Å². The van der Waals surface area contributed by atoms with Crippen LogP contribution in [0.3, 0.4) is 0 Å². The largest absolute Gasteiger partial charge is 0.372 e. The highest BCUT2D eigenvalue weighted by Crippen LogP contribution is 2.21. The second kappa shape index (κ2) is 6.92. The molecule has 1 aliphatic rings. The lowest BCUT2D eigenvalue weighted by molar-refractivity contribution is -0.137. The van der Waals surface area contributed by atoms with Crippen molar-refractivity contribution in [3.63, 3.8) is 0 Å². The summed E-state index contributed by atoms with van der Waals surface area (Å²) in [6.45, 7) is 5.37. The Hall–Kier alpha value is -1.88. The first-order valence-electron chi connectivity index (χ1n) is 8.03. The summed E-state index contributed by atoms with van der Waals surface area (Å²) in [4.78, 5) is 18.3. The second-order valence-electron chi connectivity index (χ2n) is 5.85. The van der Waals surface area contributed by atoms with Crippen LogP contribution < -0.4 is 0 Å². The number of amides is 1. The number of imidazole rings is 1. The molecule has 0 radical (unpaired) electrons. The average Bonchev–Trinajstić information content (AvgIpc) is 2.96. The molecule has 5 heteroatoms. The van der Waals surface area contributed by atoms with Gasteiger partial charge in [-0.2, -0.15) is 0 Å². The maximum atomic E-state index is 11.9. The molecule has 0 aliphatic carbocycles. The van der Waals surface area contributed by atoms with E-state index in [1.54, 1.807) is 0 Å². The minimum atomic E-state index is 0.119. The molecular weight excluding hydrogens is 278 g/mol. The molecule has 22 heavy (non-hydrogen) atoms. The van der Waals surface area contributed by atoms with Crippen molar-refractivity contribution in [1.82, 2.24) is 14.5 Å². The fraction of sp³-hybridized carbons (Fsp3) is 0.529. The summed E-state index contributed by atoms with van der Waals surface area (Å²) in [6.07, 6.45) is 4.02. The molecule has 118 valence electrons. The molecule has 1 aliphatic heterocycles. The highest BCUT2D eigenvalue weighted by molar-refractivity contribution is 5.77. The Balaban J connectivity index is 1.55. The van der Waals surface area contributed by atoms with E-state index >= 15 is 0 Å². The first kappa shape index (κ1) is 15.0. The number of hydrogen-bond acceptors (Lipinski definition) is 3. The lowest BCUT2D eigenvalue weighted by atomic mass is 9.96. The van der Waals surface area contributed by atoms with Crippen molar-refractivity contribution in [3.05, 3.63) is 30.6 Å². The molecule has 0 spiro atoms. The number of para-hydroxylation sites is 2. The van der Waals surface area contributed by atoms with Crippen LogP contribution in [0.4, 0.5) is 0 Å². The molecule has 1 amide bonds. The highest BCUT2D eigenvalue weighted by atomic mass is 16.5. The van der Waals surface area contributed by atoms with Crippen LogP contribution in [0, 0.1) is 5.92 Å². The number of rotatable bonds is 5. The summed E-state index contributed by atoms with van der Waals surface area (Å²) in [5, 5.41) is 0. The first-order chi connectivity index (χ1) is 10.8. The second-order valence-corrected chi connectivity index (χ2v) is 5.85. The van der Waals surface area contributed by atoms with Gasteiger partial charge in [-0.05, 0) is 37.8 Å². The van der Waals surface area contributed by atoms with Crippen LogP contribution in [0.2, 0.25) is 0 Å². The van der Waals surface area contributed by atoms with Gasteiger partial charge in [0.25, 0.3) is 0 Å². The number of likely N-dealkylation sites (tertiary alicyclic amines) is 1. The third kappa shape index (κ3) is 3.30. The maximum Gasteiger partial charge on any atom is 0.248 e. The Kier molecular flexibility index (Phi) is 4.73. The predicted molar refractivity (Wildman–Crippen MR) is 85.5 cm³/mol. The van der Waals surface area contributed by atoms with Gasteiger partial charge in [-0.15, -0.1) is 0 Å². The molecule has 2 aromatic rings. The van der Waals surface area contributed by atoms with E-state index in [9.17, 15) is 4.79 Å². The van der Waals surface area contributed by atoms with Crippen LogP contribution in [0.25, 0.3) is 11.0 Å². The van der Waals surface area contributed by atoms with Crippen LogP contribution in [-0.2, 0) is 16.1 Å². The van der Waals surface area contributed by atoms with Crippen LogP contribution in [0.1, 0.15) is 19.8 Å². The molecule has 5 nitrogen and oxygen atoms in total. The third-order valence-electron chi connectivity index (χ3n) is 4.38. The number of carbonyl (C=O) groups excluding carboxylic acids is 1. The number of carbonyl (C=O) groups is 1. The van der Waals surface area contributed by atoms with Gasteiger partial charge in [-0.3, -0.25) is 4.79 Å². The van der Waals surface area contributed by atoms with E-state index in [-0.39, 0.29) is 12.5 Å². The summed E-state index contributed by atoms with van der Waals surface area (Å²) in [5.74, 6) is 0.724. The number of piperidine rings is 1. The zero-order valence-corrected chi connectivity index (χ0v) is 13.1. The number of benzene rings is 1. The van der Waals surface area contributed by atoms with Gasteiger partial charge >= 0.3 is 0 Å². The lowest BCUT2D eigenvalue weighted by Crippen LogP contribution is -2.41. The SMILES string of the molecule is CCOCC(=O)N1CCC(Cn2cnc3ccccc32)CC1. The van der Waals surface area contributed by atoms with E-state index in [1.807, 2.05) is 30.3 Å². The molecule has 1 aromatic carbocycles. The van der Waals surface area contributed by atoms with Crippen LogP contribution in [0.15, 0.2) is 30.6 Å². The minimum absolute atomic E-state index is 0.119. The molecule has 1 aromatic heterocycles. The maximum absolute atomic E-state index is 11.9. The third-order valence-corrected chi connectivity index (χ3v) is 4.38. The smallest absolute Gasteiger partial charge is 0.248 e. The average molecular weight is 301 g/mol. The van der Waals surface area contributed by atoms with E-state index in [4.69, 9.17) is 4.74 Å². The molecular formula is C17H23N3O2. The van der Waals surface area contributed by atoms with Crippen molar-refractivity contribution in [3.8, 4) is 0 Å². The summed E-state index contributed by atoms with van der Waals surface area (Å²) >= 11 is 0. The summed E-state index contributed by atoms with van der Waals surface area (Å²) in [6, 6.07) is 8.22. The standard InChI is InChI=1S/C17H23N3O2/c1-2-22-12-17(21)19-9-7-14(8-10-19)11-20-13-18-15-5-3-4-6-16(15)20/h3-6,13-14H,2,7-12H2,1H3. The van der Waals surface area contributed by atoms with Gasteiger partial charge in [0.15, 0.2) is 0 Å². The molecule has 3 rings (SSSR count). The summed E-state index contributed by atoms with van der Waals surface area (Å²) in [7, 11) is 0. The first-order valence-corrected chi connectivity index (χ1v) is 8.03. The van der Waals surface area contributed by atoms with E-state index in [0.29, 0.717) is 12.5 Å². The molecule has 0 unspecified atom stereocenters. The van der Waals surface area contributed by atoms with Crippen LogP contribution in [-0.4, -0.2) is 46.7 Å². The number of ether oxygens (including phenoxy) is 1. The van der Waals surface area contributed by atoms with E-state index < -0.39 is 0 Å². The van der Waals surface area contributed by atoms with Gasteiger partial charge in [-0.25, -0.2) is 4.98 Å². The van der Waals surface area contributed by atoms with Crippen molar-refractivity contribution in [1.29, 1.82) is 0 Å². The molecule has 2 heterocycles. The fourth-order valence-electron chi connectivity index (χ4n) is 3.08. The molecule has 1 fully saturated rings. The monoisotopic (exact) mass is 301 g/mol. The number of aromatic nitrogens is 2. The topological polar surface area (TPSA) is 47.4 Å².